The second-order valence-corrected chi connectivity index (χ2v) is 6.64. The number of imidazole rings is 1. The average Bonchev–Trinajstić information content (AvgIpc) is 3.26. The minimum absolute atomic E-state index is 0.227. The van der Waals surface area contributed by atoms with Crippen LogP contribution in [0.5, 0.6) is 0 Å². The third-order valence-corrected chi connectivity index (χ3v) is 4.71. The minimum Gasteiger partial charge on any atom is -0.378 e. The van der Waals surface area contributed by atoms with Crippen molar-refractivity contribution >= 4 is 11.6 Å². The Balaban J connectivity index is 1.62. The molecule has 1 saturated heterocycles. The molecule has 1 unspecified atom stereocenters. The van der Waals surface area contributed by atoms with Crippen LogP contribution in [0.1, 0.15) is 37.3 Å². The first-order chi connectivity index (χ1) is 11.6. The molecule has 1 atom stereocenters. The van der Waals surface area contributed by atoms with Gasteiger partial charge in [0, 0.05) is 51.7 Å². The number of hydrogen-bond acceptors (Lipinski definition) is 3. The summed E-state index contributed by atoms with van der Waals surface area (Å²) < 4.78 is 2.02. The van der Waals surface area contributed by atoms with Gasteiger partial charge in [0.2, 0.25) is 5.91 Å². The van der Waals surface area contributed by atoms with Gasteiger partial charge in [-0.1, -0.05) is 12.1 Å². The van der Waals surface area contributed by atoms with Crippen molar-refractivity contribution in [3.63, 3.8) is 0 Å². The number of benzene rings is 1. The van der Waals surface area contributed by atoms with Gasteiger partial charge in [0.1, 0.15) is 0 Å². The highest BCUT2D eigenvalue weighted by Gasteiger charge is 2.29. The largest absolute Gasteiger partial charge is 0.378 e. The lowest BCUT2D eigenvalue weighted by Crippen LogP contribution is -2.30. The molecule has 5 nitrogen and oxygen atoms in total. The summed E-state index contributed by atoms with van der Waals surface area (Å²) in [5, 5.41) is 0. The lowest BCUT2D eigenvalue weighted by Gasteiger charge is -2.26. The first kappa shape index (κ1) is 16.6. The Morgan fingerprint density at radius 2 is 2.25 bits per heavy atom. The van der Waals surface area contributed by atoms with Gasteiger partial charge < -0.3 is 14.4 Å². The summed E-state index contributed by atoms with van der Waals surface area (Å²) in [4.78, 5) is 20.9. The number of carbonyl (C=O) groups excluding carboxylic acids is 1. The molecule has 5 heteroatoms. The topological polar surface area (TPSA) is 41.4 Å². The molecular weight excluding hydrogens is 300 g/mol. The molecule has 1 fully saturated rings. The van der Waals surface area contributed by atoms with Crippen molar-refractivity contribution in [2.24, 2.45) is 0 Å². The monoisotopic (exact) mass is 326 g/mol. The van der Waals surface area contributed by atoms with E-state index >= 15 is 0 Å². The van der Waals surface area contributed by atoms with Crippen LogP contribution in [-0.2, 0) is 11.3 Å². The third kappa shape index (κ3) is 3.78. The number of aryl methyl sites for hydroxylation is 1. The zero-order valence-electron chi connectivity index (χ0n) is 14.6. The van der Waals surface area contributed by atoms with Crippen LogP contribution >= 0.6 is 0 Å². The van der Waals surface area contributed by atoms with Gasteiger partial charge in [-0.25, -0.2) is 4.98 Å². The van der Waals surface area contributed by atoms with Gasteiger partial charge in [-0.3, -0.25) is 4.79 Å². The summed E-state index contributed by atoms with van der Waals surface area (Å²) in [5.41, 5.74) is 2.44. The Kier molecular flexibility index (Phi) is 5.18. The van der Waals surface area contributed by atoms with E-state index < -0.39 is 0 Å². The minimum atomic E-state index is 0.227. The molecule has 2 aromatic rings. The maximum absolute atomic E-state index is 12.7. The first-order valence-corrected chi connectivity index (χ1v) is 8.67. The SMILES string of the molecule is CN(C)c1cccc(C2CCCN2C(=O)CCCn2ccnc2)c1. The predicted molar refractivity (Wildman–Crippen MR) is 95.9 cm³/mol. The maximum atomic E-state index is 12.7. The van der Waals surface area contributed by atoms with Crippen LogP contribution in [0.15, 0.2) is 43.0 Å². The third-order valence-electron chi connectivity index (χ3n) is 4.71. The molecule has 3 rings (SSSR count). The second-order valence-electron chi connectivity index (χ2n) is 6.64. The molecule has 0 radical (unpaired) electrons. The molecule has 2 heterocycles. The Bertz CT molecular complexity index is 666. The van der Waals surface area contributed by atoms with Gasteiger partial charge in [0.15, 0.2) is 0 Å². The molecular formula is C19H26N4O. The maximum Gasteiger partial charge on any atom is 0.223 e. The van der Waals surface area contributed by atoms with Crippen molar-refractivity contribution in [1.82, 2.24) is 14.5 Å². The molecule has 1 amide bonds. The van der Waals surface area contributed by atoms with E-state index in [2.05, 4.69) is 39.0 Å². The molecule has 24 heavy (non-hydrogen) atoms. The van der Waals surface area contributed by atoms with Gasteiger partial charge in [-0.15, -0.1) is 0 Å². The van der Waals surface area contributed by atoms with Crippen molar-refractivity contribution in [3.05, 3.63) is 48.5 Å². The molecule has 0 N–H and O–H groups in total. The second kappa shape index (κ2) is 7.51. The molecule has 128 valence electrons. The van der Waals surface area contributed by atoms with E-state index in [-0.39, 0.29) is 11.9 Å². The molecule has 1 aliphatic rings. The Hall–Kier alpha value is -2.30. The summed E-state index contributed by atoms with van der Waals surface area (Å²) in [6, 6.07) is 8.78. The van der Waals surface area contributed by atoms with E-state index in [0.29, 0.717) is 6.42 Å². The van der Waals surface area contributed by atoms with E-state index in [9.17, 15) is 4.79 Å². The van der Waals surface area contributed by atoms with Gasteiger partial charge in [-0.2, -0.15) is 0 Å². The zero-order chi connectivity index (χ0) is 16.9. The molecule has 1 aromatic carbocycles. The Morgan fingerprint density at radius 3 is 3.00 bits per heavy atom. The standard InChI is InChI=1S/C19H26N4O/c1-21(2)17-7-3-6-16(14-17)18-8-4-12-23(18)19(24)9-5-11-22-13-10-20-15-22/h3,6-7,10,13-15,18H,4-5,8-9,11-12H2,1-2H3. The Labute approximate surface area is 143 Å². The smallest absolute Gasteiger partial charge is 0.223 e. The van der Waals surface area contributed by atoms with Crippen molar-refractivity contribution < 1.29 is 4.79 Å². The van der Waals surface area contributed by atoms with E-state index in [1.807, 2.05) is 24.9 Å². The lowest BCUT2D eigenvalue weighted by atomic mass is 10.0. The van der Waals surface area contributed by atoms with E-state index in [1.54, 1.807) is 12.5 Å². The number of likely N-dealkylation sites (tertiary alicyclic amines) is 1. The summed E-state index contributed by atoms with van der Waals surface area (Å²) in [6.07, 6.45) is 9.12. The normalized spacial score (nSPS) is 17.2. The van der Waals surface area contributed by atoms with Crippen LogP contribution in [-0.4, -0.2) is 41.0 Å². The van der Waals surface area contributed by atoms with Crippen LogP contribution in [0.2, 0.25) is 0 Å². The number of nitrogens with zero attached hydrogens (tertiary/aromatic N) is 4. The first-order valence-electron chi connectivity index (χ1n) is 8.67. The molecule has 0 bridgehead atoms. The number of carbonyl (C=O) groups is 1. The quantitative estimate of drug-likeness (QED) is 0.819. The van der Waals surface area contributed by atoms with Crippen LogP contribution in [0.4, 0.5) is 5.69 Å². The highest BCUT2D eigenvalue weighted by Crippen LogP contribution is 2.34. The van der Waals surface area contributed by atoms with Gasteiger partial charge in [0.25, 0.3) is 0 Å². The lowest BCUT2D eigenvalue weighted by molar-refractivity contribution is -0.132. The number of anilines is 1. The van der Waals surface area contributed by atoms with Crippen LogP contribution in [0, 0.1) is 0 Å². The van der Waals surface area contributed by atoms with Gasteiger partial charge >= 0.3 is 0 Å². The number of aromatic nitrogens is 2. The molecule has 0 spiro atoms. The molecule has 0 aliphatic carbocycles. The fourth-order valence-electron chi connectivity index (χ4n) is 3.40. The summed E-state index contributed by atoms with van der Waals surface area (Å²) in [7, 11) is 4.10. The van der Waals surface area contributed by atoms with Gasteiger partial charge in [0.05, 0.1) is 12.4 Å². The number of rotatable bonds is 6. The highest BCUT2D eigenvalue weighted by atomic mass is 16.2. The van der Waals surface area contributed by atoms with Gasteiger partial charge in [-0.05, 0) is 37.0 Å². The predicted octanol–water partition coefficient (Wildman–Crippen LogP) is 3.09. The van der Waals surface area contributed by atoms with Crippen LogP contribution < -0.4 is 4.90 Å². The van der Waals surface area contributed by atoms with E-state index in [0.717, 1.165) is 32.4 Å². The fraction of sp³-hybridized carbons (Fsp3) is 0.474. The number of amides is 1. The van der Waals surface area contributed by atoms with Crippen molar-refractivity contribution in [2.75, 3.05) is 25.5 Å². The van der Waals surface area contributed by atoms with Crippen LogP contribution in [0.3, 0.4) is 0 Å². The Morgan fingerprint density at radius 1 is 1.38 bits per heavy atom. The zero-order valence-corrected chi connectivity index (χ0v) is 14.6. The fourth-order valence-corrected chi connectivity index (χ4v) is 3.40. The highest BCUT2D eigenvalue weighted by molar-refractivity contribution is 5.77. The summed E-state index contributed by atoms with van der Waals surface area (Å²) in [6.45, 7) is 1.72. The van der Waals surface area contributed by atoms with Crippen LogP contribution in [0.25, 0.3) is 0 Å². The molecule has 1 aliphatic heterocycles. The average molecular weight is 326 g/mol. The molecule has 1 aromatic heterocycles. The summed E-state index contributed by atoms with van der Waals surface area (Å²) in [5.74, 6) is 0.271. The van der Waals surface area contributed by atoms with Crippen molar-refractivity contribution in [2.45, 2.75) is 38.3 Å². The van der Waals surface area contributed by atoms with Crippen molar-refractivity contribution in [3.8, 4) is 0 Å². The molecule has 0 saturated carbocycles. The number of hydrogen-bond donors (Lipinski definition) is 0. The van der Waals surface area contributed by atoms with E-state index in [4.69, 9.17) is 0 Å². The van der Waals surface area contributed by atoms with E-state index in [1.165, 1.54) is 11.3 Å². The summed E-state index contributed by atoms with van der Waals surface area (Å²) >= 11 is 0. The van der Waals surface area contributed by atoms with Crippen molar-refractivity contribution in [1.29, 1.82) is 0 Å².